The van der Waals surface area contributed by atoms with Gasteiger partial charge in [-0.15, -0.1) is 0 Å². The fourth-order valence-corrected chi connectivity index (χ4v) is 3.72. The Balaban J connectivity index is 1.27. The summed E-state index contributed by atoms with van der Waals surface area (Å²) in [5.41, 5.74) is 1.01. The number of rotatable bonds is 6. The Kier molecular flexibility index (Phi) is 6.32. The Hall–Kier alpha value is -1.59. The van der Waals surface area contributed by atoms with Crippen molar-refractivity contribution in [2.24, 2.45) is 0 Å². The zero-order valence-electron chi connectivity index (χ0n) is 15.4. The van der Waals surface area contributed by atoms with Crippen LogP contribution in [0.5, 0.6) is 0 Å². The standard InChI is InChI=1S/C20H31N3O2/c1-15(2)23-10-8-17(9-11-23)21-18-12-19(13-18)22-20(24)25-14-16-6-4-3-5-7-16/h3-7,15,17-19,21H,8-14H2,1-2H3,(H,22,24). The molecule has 1 heterocycles. The Bertz CT molecular complexity index is 535. The minimum Gasteiger partial charge on any atom is -0.445 e. The van der Waals surface area contributed by atoms with Gasteiger partial charge in [0.05, 0.1) is 0 Å². The summed E-state index contributed by atoms with van der Waals surface area (Å²) in [6, 6.07) is 11.8. The lowest BCUT2D eigenvalue weighted by atomic mass is 9.85. The van der Waals surface area contributed by atoms with Gasteiger partial charge in [-0.05, 0) is 58.2 Å². The molecule has 1 aliphatic heterocycles. The van der Waals surface area contributed by atoms with Crippen molar-refractivity contribution < 1.29 is 9.53 Å². The van der Waals surface area contributed by atoms with Crippen molar-refractivity contribution in [2.45, 2.75) is 70.3 Å². The molecule has 1 aromatic rings. The summed E-state index contributed by atoms with van der Waals surface area (Å²) in [6.07, 6.45) is 4.16. The topological polar surface area (TPSA) is 53.6 Å². The number of likely N-dealkylation sites (tertiary alicyclic amines) is 1. The van der Waals surface area contributed by atoms with Gasteiger partial charge < -0.3 is 20.3 Å². The van der Waals surface area contributed by atoms with Gasteiger partial charge in [-0.3, -0.25) is 0 Å². The number of hydrogen-bond acceptors (Lipinski definition) is 4. The third-order valence-corrected chi connectivity index (χ3v) is 5.40. The fourth-order valence-electron chi connectivity index (χ4n) is 3.72. The number of carbonyl (C=O) groups excluding carboxylic acids is 1. The zero-order valence-corrected chi connectivity index (χ0v) is 15.4. The first kappa shape index (κ1) is 18.2. The molecule has 0 bridgehead atoms. The minimum absolute atomic E-state index is 0.247. The quantitative estimate of drug-likeness (QED) is 0.832. The van der Waals surface area contributed by atoms with Gasteiger partial charge in [-0.1, -0.05) is 30.3 Å². The number of nitrogens with one attached hydrogen (secondary N) is 2. The Labute approximate surface area is 151 Å². The Morgan fingerprint density at radius 1 is 1.12 bits per heavy atom. The summed E-state index contributed by atoms with van der Waals surface area (Å²) in [6.45, 7) is 7.25. The van der Waals surface area contributed by atoms with Gasteiger partial charge in [0, 0.05) is 24.2 Å². The Morgan fingerprint density at radius 2 is 1.80 bits per heavy atom. The molecule has 5 nitrogen and oxygen atoms in total. The second-order valence-electron chi connectivity index (χ2n) is 7.64. The van der Waals surface area contributed by atoms with Gasteiger partial charge in [0.1, 0.15) is 6.61 Å². The van der Waals surface area contributed by atoms with E-state index in [1.807, 2.05) is 30.3 Å². The van der Waals surface area contributed by atoms with Crippen molar-refractivity contribution in [1.29, 1.82) is 0 Å². The molecule has 1 saturated heterocycles. The van der Waals surface area contributed by atoms with Crippen LogP contribution in [0.4, 0.5) is 4.79 Å². The number of carbonyl (C=O) groups is 1. The third-order valence-electron chi connectivity index (χ3n) is 5.40. The minimum atomic E-state index is -0.308. The highest BCUT2D eigenvalue weighted by Gasteiger charge is 2.33. The number of ether oxygens (including phenoxy) is 1. The molecular weight excluding hydrogens is 314 g/mol. The molecule has 138 valence electrons. The lowest BCUT2D eigenvalue weighted by molar-refractivity contribution is 0.118. The summed E-state index contributed by atoms with van der Waals surface area (Å²) in [5.74, 6) is 0. The number of benzene rings is 1. The van der Waals surface area contributed by atoms with Crippen LogP contribution < -0.4 is 10.6 Å². The van der Waals surface area contributed by atoms with Crippen molar-refractivity contribution in [3.05, 3.63) is 35.9 Å². The molecule has 2 N–H and O–H groups in total. The smallest absolute Gasteiger partial charge is 0.407 e. The molecule has 3 rings (SSSR count). The predicted octanol–water partition coefficient (Wildman–Crippen LogP) is 2.91. The van der Waals surface area contributed by atoms with Gasteiger partial charge in [0.15, 0.2) is 0 Å². The van der Waals surface area contributed by atoms with E-state index in [9.17, 15) is 4.79 Å². The van der Waals surface area contributed by atoms with E-state index in [-0.39, 0.29) is 12.1 Å². The largest absolute Gasteiger partial charge is 0.445 e. The van der Waals surface area contributed by atoms with Crippen LogP contribution in [0.25, 0.3) is 0 Å². The highest BCUT2D eigenvalue weighted by Crippen LogP contribution is 2.23. The average Bonchev–Trinajstić information content (AvgIpc) is 2.59. The van der Waals surface area contributed by atoms with E-state index in [1.54, 1.807) is 0 Å². The SMILES string of the molecule is CC(C)N1CCC(NC2CC(NC(=O)OCc3ccccc3)C2)CC1. The van der Waals surface area contributed by atoms with E-state index in [2.05, 4.69) is 29.4 Å². The van der Waals surface area contributed by atoms with Crippen LogP contribution in [0, 0.1) is 0 Å². The first-order valence-electron chi connectivity index (χ1n) is 9.57. The van der Waals surface area contributed by atoms with Crippen LogP contribution in [0.3, 0.4) is 0 Å². The molecule has 2 aliphatic rings. The monoisotopic (exact) mass is 345 g/mol. The molecule has 0 unspecified atom stereocenters. The van der Waals surface area contributed by atoms with E-state index in [1.165, 1.54) is 25.9 Å². The first-order valence-corrected chi connectivity index (χ1v) is 9.57. The average molecular weight is 345 g/mol. The van der Waals surface area contributed by atoms with Crippen LogP contribution in [-0.2, 0) is 11.3 Å². The zero-order chi connectivity index (χ0) is 17.6. The summed E-state index contributed by atoms with van der Waals surface area (Å²) in [5, 5.41) is 6.72. The molecule has 25 heavy (non-hydrogen) atoms. The van der Waals surface area contributed by atoms with Crippen molar-refractivity contribution in [3.63, 3.8) is 0 Å². The number of amides is 1. The molecule has 1 saturated carbocycles. The van der Waals surface area contributed by atoms with Crippen LogP contribution in [0.2, 0.25) is 0 Å². The van der Waals surface area contributed by atoms with E-state index in [4.69, 9.17) is 4.74 Å². The summed E-state index contributed by atoms with van der Waals surface area (Å²) >= 11 is 0. The maximum absolute atomic E-state index is 11.9. The van der Waals surface area contributed by atoms with E-state index >= 15 is 0 Å². The lowest BCUT2D eigenvalue weighted by Gasteiger charge is -2.41. The van der Waals surface area contributed by atoms with Crippen molar-refractivity contribution >= 4 is 6.09 Å². The van der Waals surface area contributed by atoms with E-state index < -0.39 is 0 Å². The second kappa shape index (κ2) is 8.68. The van der Waals surface area contributed by atoms with Crippen LogP contribution >= 0.6 is 0 Å². The summed E-state index contributed by atoms with van der Waals surface area (Å²) in [4.78, 5) is 14.4. The van der Waals surface area contributed by atoms with E-state index in [0.717, 1.165) is 18.4 Å². The van der Waals surface area contributed by atoms with E-state index in [0.29, 0.717) is 24.7 Å². The summed E-state index contributed by atoms with van der Waals surface area (Å²) in [7, 11) is 0. The molecule has 1 amide bonds. The molecule has 0 spiro atoms. The number of alkyl carbamates (subject to hydrolysis) is 1. The molecule has 0 radical (unpaired) electrons. The van der Waals surface area contributed by atoms with Gasteiger partial charge in [0.2, 0.25) is 0 Å². The molecule has 1 aromatic carbocycles. The molecular formula is C20H31N3O2. The van der Waals surface area contributed by atoms with Crippen molar-refractivity contribution in [2.75, 3.05) is 13.1 Å². The van der Waals surface area contributed by atoms with Crippen LogP contribution in [-0.4, -0.2) is 48.3 Å². The lowest BCUT2D eigenvalue weighted by Crippen LogP contribution is -2.56. The van der Waals surface area contributed by atoms with Crippen LogP contribution in [0.15, 0.2) is 30.3 Å². The molecule has 0 atom stereocenters. The normalized spacial score (nSPS) is 24.8. The first-order chi connectivity index (χ1) is 12.1. The molecule has 0 aromatic heterocycles. The predicted molar refractivity (Wildman–Crippen MR) is 99.4 cm³/mol. The summed E-state index contributed by atoms with van der Waals surface area (Å²) < 4.78 is 5.28. The number of nitrogens with zero attached hydrogens (tertiary/aromatic N) is 1. The maximum atomic E-state index is 11.9. The van der Waals surface area contributed by atoms with Gasteiger partial charge >= 0.3 is 6.09 Å². The number of piperidine rings is 1. The highest BCUT2D eigenvalue weighted by molar-refractivity contribution is 5.67. The van der Waals surface area contributed by atoms with Crippen molar-refractivity contribution in [1.82, 2.24) is 15.5 Å². The van der Waals surface area contributed by atoms with Gasteiger partial charge in [-0.2, -0.15) is 0 Å². The molecule has 2 fully saturated rings. The second-order valence-corrected chi connectivity index (χ2v) is 7.64. The molecule has 1 aliphatic carbocycles. The van der Waals surface area contributed by atoms with Gasteiger partial charge in [-0.25, -0.2) is 4.79 Å². The van der Waals surface area contributed by atoms with Gasteiger partial charge in [0.25, 0.3) is 0 Å². The molecule has 5 heteroatoms. The van der Waals surface area contributed by atoms with Crippen molar-refractivity contribution in [3.8, 4) is 0 Å². The Morgan fingerprint density at radius 3 is 2.44 bits per heavy atom. The number of hydrogen-bond donors (Lipinski definition) is 2. The third kappa shape index (κ3) is 5.44. The highest BCUT2D eigenvalue weighted by atomic mass is 16.5. The maximum Gasteiger partial charge on any atom is 0.407 e. The fraction of sp³-hybridized carbons (Fsp3) is 0.650. The van der Waals surface area contributed by atoms with Crippen LogP contribution in [0.1, 0.15) is 45.1 Å².